The number of thioether (sulfide) groups is 1. The van der Waals surface area contributed by atoms with Gasteiger partial charge in [-0.05, 0) is 30.1 Å². The molecule has 96 valence electrons. The minimum atomic E-state index is 0.809. The summed E-state index contributed by atoms with van der Waals surface area (Å²) in [4.78, 5) is 4.19. The fraction of sp³-hybridized carbons (Fsp3) is 0.583. The lowest BCUT2D eigenvalue weighted by Gasteiger charge is -2.10. The van der Waals surface area contributed by atoms with Crippen LogP contribution in [0.4, 0.5) is 0 Å². The highest BCUT2D eigenvalue weighted by atomic mass is 32.2. The Morgan fingerprint density at radius 3 is 2.88 bits per heavy atom. The molecule has 4 nitrogen and oxygen atoms in total. The molecular weight excluding hydrogens is 232 g/mol. The van der Waals surface area contributed by atoms with Crippen molar-refractivity contribution in [1.29, 1.82) is 0 Å². The molecule has 5 heteroatoms. The van der Waals surface area contributed by atoms with Gasteiger partial charge in [0.15, 0.2) is 5.96 Å². The van der Waals surface area contributed by atoms with E-state index in [4.69, 9.17) is 0 Å². The number of hydrogen-bond acceptors (Lipinski definition) is 2. The quantitative estimate of drug-likeness (QED) is 0.458. The van der Waals surface area contributed by atoms with Crippen LogP contribution in [0.15, 0.2) is 23.5 Å². The zero-order chi connectivity index (χ0) is 12.5. The Balaban J connectivity index is 2.23. The molecule has 0 amide bonds. The predicted octanol–water partition coefficient (Wildman–Crippen LogP) is 1.44. The average molecular weight is 254 g/mol. The Morgan fingerprint density at radius 2 is 2.29 bits per heavy atom. The molecule has 1 rings (SSSR count). The summed E-state index contributed by atoms with van der Waals surface area (Å²) in [5.74, 6) is 2.05. The van der Waals surface area contributed by atoms with Gasteiger partial charge in [-0.3, -0.25) is 4.99 Å². The van der Waals surface area contributed by atoms with Gasteiger partial charge in [-0.25, -0.2) is 0 Å². The highest BCUT2D eigenvalue weighted by Gasteiger charge is 1.98. The number of nitrogens with one attached hydrogen (secondary N) is 2. The second-order valence-electron chi connectivity index (χ2n) is 3.88. The maximum absolute atomic E-state index is 4.19. The van der Waals surface area contributed by atoms with Gasteiger partial charge in [-0.15, -0.1) is 0 Å². The van der Waals surface area contributed by atoms with Gasteiger partial charge < -0.3 is 15.2 Å². The van der Waals surface area contributed by atoms with Crippen LogP contribution in [-0.2, 0) is 13.6 Å². The molecule has 0 aliphatic heterocycles. The van der Waals surface area contributed by atoms with E-state index in [1.807, 2.05) is 29.6 Å². The summed E-state index contributed by atoms with van der Waals surface area (Å²) in [5, 5.41) is 6.59. The fourth-order valence-corrected chi connectivity index (χ4v) is 1.93. The van der Waals surface area contributed by atoms with Crippen molar-refractivity contribution in [1.82, 2.24) is 15.2 Å². The van der Waals surface area contributed by atoms with Crippen molar-refractivity contribution in [2.75, 3.05) is 25.6 Å². The SMILES string of the molecule is CN=C(NCCCSC)NCc1ccn(C)c1. The first-order valence-corrected chi connectivity index (χ1v) is 7.20. The third-order valence-electron chi connectivity index (χ3n) is 2.39. The molecule has 0 unspecified atom stereocenters. The molecule has 1 aromatic heterocycles. The molecule has 1 aromatic rings. The van der Waals surface area contributed by atoms with Crippen molar-refractivity contribution in [2.45, 2.75) is 13.0 Å². The van der Waals surface area contributed by atoms with Crippen LogP contribution in [0, 0.1) is 0 Å². The topological polar surface area (TPSA) is 41.4 Å². The zero-order valence-corrected chi connectivity index (χ0v) is 11.7. The Kier molecular flexibility index (Phi) is 6.62. The van der Waals surface area contributed by atoms with Gasteiger partial charge in [0.1, 0.15) is 0 Å². The third kappa shape index (κ3) is 5.68. The van der Waals surface area contributed by atoms with Crippen molar-refractivity contribution in [3.63, 3.8) is 0 Å². The van der Waals surface area contributed by atoms with Crippen LogP contribution in [0.5, 0.6) is 0 Å². The van der Waals surface area contributed by atoms with E-state index in [9.17, 15) is 0 Å². The van der Waals surface area contributed by atoms with Gasteiger partial charge >= 0.3 is 0 Å². The first-order chi connectivity index (χ1) is 8.26. The van der Waals surface area contributed by atoms with Crippen LogP contribution < -0.4 is 10.6 Å². The lowest BCUT2D eigenvalue weighted by molar-refractivity contribution is 0.784. The highest BCUT2D eigenvalue weighted by Crippen LogP contribution is 1.98. The number of rotatable bonds is 6. The number of hydrogen-bond donors (Lipinski definition) is 2. The van der Waals surface area contributed by atoms with Gasteiger partial charge in [-0.2, -0.15) is 11.8 Å². The maximum Gasteiger partial charge on any atom is 0.191 e. The van der Waals surface area contributed by atoms with Gasteiger partial charge in [-0.1, -0.05) is 0 Å². The van der Waals surface area contributed by atoms with E-state index in [-0.39, 0.29) is 0 Å². The Labute approximate surface area is 108 Å². The minimum Gasteiger partial charge on any atom is -0.357 e. The summed E-state index contributed by atoms with van der Waals surface area (Å²) in [6.07, 6.45) is 7.44. The predicted molar refractivity (Wildman–Crippen MR) is 76.6 cm³/mol. The summed E-state index contributed by atoms with van der Waals surface area (Å²) in [6.45, 7) is 1.78. The smallest absolute Gasteiger partial charge is 0.191 e. The van der Waals surface area contributed by atoms with E-state index in [2.05, 4.69) is 34.1 Å². The van der Waals surface area contributed by atoms with E-state index in [0.717, 1.165) is 25.5 Å². The average Bonchev–Trinajstić information content (AvgIpc) is 2.74. The lowest BCUT2D eigenvalue weighted by Crippen LogP contribution is -2.37. The van der Waals surface area contributed by atoms with Crippen LogP contribution in [0.3, 0.4) is 0 Å². The molecule has 0 aromatic carbocycles. The molecule has 0 bridgehead atoms. The maximum atomic E-state index is 4.19. The lowest BCUT2D eigenvalue weighted by atomic mass is 10.3. The Bertz CT molecular complexity index is 346. The number of guanidine groups is 1. The van der Waals surface area contributed by atoms with Gasteiger partial charge in [0.05, 0.1) is 0 Å². The number of aromatic nitrogens is 1. The largest absolute Gasteiger partial charge is 0.357 e. The first kappa shape index (κ1) is 14.0. The molecule has 0 saturated carbocycles. The van der Waals surface area contributed by atoms with Crippen molar-refractivity contribution < 1.29 is 0 Å². The Hall–Kier alpha value is -1.10. The van der Waals surface area contributed by atoms with E-state index in [1.54, 1.807) is 7.05 Å². The molecule has 0 aliphatic carbocycles. The molecule has 2 N–H and O–H groups in total. The fourth-order valence-electron chi connectivity index (χ4n) is 1.50. The van der Waals surface area contributed by atoms with Crippen LogP contribution in [-0.4, -0.2) is 36.1 Å². The summed E-state index contributed by atoms with van der Waals surface area (Å²) in [5.41, 5.74) is 1.26. The van der Waals surface area contributed by atoms with Crippen molar-refractivity contribution in [3.05, 3.63) is 24.0 Å². The summed E-state index contributed by atoms with van der Waals surface area (Å²) < 4.78 is 2.05. The van der Waals surface area contributed by atoms with E-state index in [1.165, 1.54) is 11.3 Å². The van der Waals surface area contributed by atoms with E-state index < -0.39 is 0 Å². The van der Waals surface area contributed by atoms with E-state index in [0.29, 0.717) is 0 Å². The molecule has 0 saturated heterocycles. The zero-order valence-electron chi connectivity index (χ0n) is 10.9. The summed E-state index contributed by atoms with van der Waals surface area (Å²) in [6, 6.07) is 2.11. The van der Waals surface area contributed by atoms with Crippen molar-refractivity contribution in [2.24, 2.45) is 12.0 Å². The molecule has 1 heterocycles. The van der Waals surface area contributed by atoms with Crippen molar-refractivity contribution >= 4 is 17.7 Å². The van der Waals surface area contributed by atoms with Crippen molar-refractivity contribution in [3.8, 4) is 0 Å². The van der Waals surface area contributed by atoms with E-state index >= 15 is 0 Å². The molecule has 0 atom stereocenters. The number of nitrogens with zero attached hydrogens (tertiary/aromatic N) is 2. The molecule has 0 aliphatic rings. The molecule has 0 spiro atoms. The first-order valence-electron chi connectivity index (χ1n) is 5.80. The number of aliphatic imine (C=N–C) groups is 1. The van der Waals surface area contributed by atoms with Gasteiger partial charge in [0.25, 0.3) is 0 Å². The molecular formula is C12H22N4S. The monoisotopic (exact) mass is 254 g/mol. The van der Waals surface area contributed by atoms with Crippen LogP contribution in [0.25, 0.3) is 0 Å². The Morgan fingerprint density at radius 1 is 1.47 bits per heavy atom. The normalized spacial score (nSPS) is 11.6. The standard InChI is InChI=1S/C12H22N4S/c1-13-12(14-6-4-8-17-3)15-9-11-5-7-16(2)10-11/h5,7,10H,4,6,8-9H2,1-3H3,(H2,13,14,15). The second-order valence-corrected chi connectivity index (χ2v) is 4.87. The highest BCUT2D eigenvalue weighted by molar-refractivity contribution is 7.98. The van der Waals surface area contributed by atoms with Crippen LogP contribution in [0.2, 0.25) is 0 Å². The molecule has 0 radical (unpaired) electrons. The summed E-state index contributed by atoms with van der Waals surface area (Å²) >= 11 is 1.87. The summed E-state index contributed by atoms with van der Waals surface area (Å²) in [7, 11) is 3.83. The molecule has 0 fully saturated rings. The third-order valence-corrected chi connectivity index (χ3v) is 3.09. The van der Waals surface area contributed by atoms with Crippen LogP contribution >= 0.6 is 11.8 Å². The number of aryl methyl sites for hydroxylation is 1. The molecule has 17 heavy (non-hydrogen) atoms. The second kappa shape index (κ2) is 8.06. The minimum absolute atomic E-state index is 0.809. The van der Waals surface area contributed by atoms with Gasteiger partial charge in [0, 0.05) is 39.6 Å². The van der Waals surface area contributed by atoms with Gasteiger partial charge in [0.2, 0.25) is 0 Å². The van der Waals surface area contributed by atoms with Crippen LogP contribution in [0.1, 0.15) is 12.0 Å².